The van der Waals surface area contributed by atoms with Crippen LogP contribution in [0.4, 0.5) is 0 Å². The molecule has 0 spiro atoms. The lowest BCUT2D eigenvalue weighted by Crippen LogP contribution is -2.43. The molecule has 3 aromatic heterocycles. The van der Waals surface area contributed by atoms with E-state index in [1.807, 2.05) is 17.5 Å². The Bertz CT molecular complexity index is 841. The van der Waals surface area contributed by atoms with Gasteiger partial charge in [-0.2, -0.15) is 4.98 Å². The predicted octanol–water partition coefficient (Wildman–Crippen LogP) is 2.31. The van der Waals surface area contributed by atoms with Gasteiger partial charge in [0.15, 0.2) is 0 Å². The Labute approximate surface area is 141 Å². The Balaban J connectivity index is 1.61. The van der Waals surface area contributed by atoms with E-state index in [2.05, 4.69) is 15.3 Å². The van der Waals surface area contributed by atoms with Gasteiger partial charge in [0.25, 0.3) is 11.8 Å². The number of amides is 1. The number of carbonyl (C=O) groups is 1. The van der Waals surface area contributed by atoms with Gasteiger partial charge in [0.2, 0.25) is 11.6 Å². The van der Waals surface area contributed by atoms with Crippen molar-refractivity contribution in [2.75, 3.05) is 19.8 Å². The minimum atomic E-state index is -0.446. The highest BCUT2D eigenvalue weighted by molar-refractivity contribution is 7.13. The van der Waals surface area contributed by atoms with Crippen LogP contribution in [-0.2, 0) is 4.74 Å². The van der Waals surface area contributed by atoms with E-state index in [1.165, 1.54) is 11.3 Å². The predicted molar refractivity (Wildman–Crippen MR) is 83.4 cm³/mol. The molecule has 4 heterocycles. The average Bonchev–Trinajstić information content (AvgIpc) is 3.35. The molecule has 0 bridgehead atoms. The van der Waals surface area contributed by atoms with Crippen molar-refractivity contribution in [3.05, 3.63) is 40.9 Å². The summed E-state index contributed by atoms with van der Waals surface area (Å²) in [6, 6.07) is 5.00. The molecule has 1 atom stereocenters. The van der Waals surface area contributed by atoms with E-state index < -0.39 is 6.04 Å². The van der Waals surface area contributed by atoms with Gasteiger partial charge in [0, 0.05) is 12.6 Å². The van der Waals surface area contributed by atoms with Gasteiger partial charge >= 0.3 is 0 Å². The summed E-state index contributed by atoms with van der Waals surface area (Å²) < 4.78 is 15.9. The summed E-state index contributed by atoms with van der Waals surface area (Å²) in [6.07, 6.45) is 0. The van der Waals surface area contributed by atoms with Crippen LogP contribution in [0.3, 0.4) is 0 Å². The average molecular weight is 346 g/mol. The number of thiophene rings is 1. The molecule has 0 aliphatic carbocycles. The molecule has 1 fully saturated rings. The molecular weight excluding hydrogens is 332 g/mol. The van der Waals surface area contributed by atoms with Crippen molar-refractivity contribution in [3.63, 3.8) is 0 Å². The van der Waals surface area contributed by atoms with Crippen molar-refractivity contribution in [3.8, 4) is 10.7 Å². The fraction of sp³-hybridized carbons (Fsp3) is 0.333. The first kappa shape index (κ1) is 15.0. The van der Waals surface area contributed by atoms with Crippen molar-refractivity contribution in [1.82, 2.24) is 20.2 Å². The SMILES string of the molecule is Cc1cc(C(=O)N2CCOC[C@@H]2c2nc(-c3cccs3)no2)on1. The third-order valence-corrected chi connectivity index (χ3v) is 4.56. The molecule has 1 aliphatic rings. The number of aryl methyl sites for hydroxylation is 1. The molecule has 0 aromatic carbocycles. The van der Waals surface area contributed by atoms with E-state index in [-0.39, 0.29) is 11.7 Å². The first-order valence-corrected chi connectivity index (χ1v) is 8.30. The van der Waals surface area contributed by atoms with Gasteiger partial charge in [-0.3, -0.25) is 4.79 Å². The summed E-state index contributed by atoms with van der Waals surface area (Å²) in [7, 11) is 0. The van der Waals surface area contributed by atoms with Crippen LogP contribution in [0.15, 0.2) is 32.6 Å². The zero-order valence-electron chi connectivity index (χ0n) is 12.8. The minimum absolute atomic E-state index is 0.192. The number of rotatable bonds is 3. The van der Waals surface area contributed by atoms with Crippen molar-refractivity contribution in [2.45, 2.75) is 13.0 Å². The van der Waals surface area contributed by atoms with Gasteiger partial charge in [0.05, 0.1) is 23.8 Å². The zero-order valence-corrected chi connectivity index (χ0v) is 13.7. The van der Waals surface area contributed by atoms with E-state index >= 15 is 0 Å². The number of hydrogen-bond donors (Lipinski definition) is 0. The second-order valence-electron chi connectivity index (χ2n) is 5.36. The highest BCUT2D eigenvalue weighted by Gasteiger charge is 2.35. The second kappa shape index (κ2) is 6.17. The zero-order chi connectivity index (χ0) is 16.5. The van der Waals surface area contributed by atoms with Gasteiger partial charge in [-0.1, -0.05) is 16.4 Å². The largest absolute Gasteiger partial charge is 0.377 e. The van der Waals surface area contributed by atoms with Gasteiger partial charge < -0.3 is 18.7 Å². The van der Waals surface area contributed by atoms with Crippen LogP contribution in [0.5, 0.6) is 0 Å². The highest BCUT2D eigenvalue weighted by atomic mass is 32.1. The van der Waals surface area contributed by atoms with Crippen LogP contribution in [0.1, 0.15) is 28.2 Å². The Morgan fingerprint density at radius 1 is 1.38 bits per heavy atom. The standard InChI is InChI=1S/C15H14N4O4S/c1-9-7-11(22-17-9)15(20)19-4-5-21-8-10(19)14-16-13(18-23-14)12-3-2-6-24-12/h2-3,6-7,10H,4-5,8H2,1H3/t10-/m1/s1. The summed E-state index contributed by atoms with van der Waals surface area (Å²) in [5, 5.41) is 9.71. The summed E-state index contributed by atoms with van der Waals surface area (Å²) in [6.45, 7) is 2.93. The molecule has 4 rings (SSSR count). The fourth-order valence-corrected chi connectivity index (χ4v) is 3.18. The van der Waals surface area contributed by atoms with E-state index in [0.29, 0.717) is 37.2 Å². The minimum Gasteiger partial charge on any atom is -0.377 e. The quantitative estimate of drug-likeness (QED) is 0.718. The van der Waals surface area contributed by atoms with Crippen LogP contribution in [0.25, 0.3) is 10.7 Å². The van der Waals surface area contributed by atoms with Crippen LogP contribution >= 0.6 is 11.3 Å². The maximum Gasteiger partial charge on any atom is 0.293 e. The van der Waals surface area contributed by atoms with Gasteiger partial charge in [-0.05, 0) is 18.4 Å². The molecule has 0 saturated carbocycles. The number of carbonyl (C=O) groups excluding carboxylic acids is 1. The second-order valence-corrected chi connectivity index (χ2v) is 6.30. The monoisotopic (exact) mass is 346 g/mol. The Morgan fingerprint density at radius 3 is 3.04 bits per heavy atom. The fourth-order valence-electron chi connectivity index (χ4n) is 2.53. The molecule has 0 radical (unpaired) electrons. The molecule has 8 nitrogen and oxygen atoms in total. The number of hydrogen-bond acceptors (Lipinski definition) is 8. The van der Waals surface area contributed by atoms with Crippen molar-refractivity contribution in [1.29, 1.82) is 0 Å². The normalized spacial score (nSPS) is 18.0. The van der Waals surface area contributed by atoms with Gasteiger partial charge in [-0.25, -0.2) is 0 Å². The molecule has 1 amide bonds. The van der Waals surface area contributed by atoms with Gasteiger partial charge in [0.1, 0.15) is 6.04 Å². The van der Waals surface area contributed by atoms with E-state index in [4.69, 9.17) is 13.8 Å². The molecular formula is C15H14N4O4S. The lowest BCUT2D eigenvalue weighted by atomic mass is 10.2. The smallest absolute Gasteiger partial charge is 0.293 e. The molecule has 1 aliphatic heterocycles. The Hall–Kier alpha value is -2.52. The maximum atomic E-state index is 12.7. The molecule has 0 unspecified atom stereocenters. The molecule has 24 heavy (non-hydrogen) atoms. The number of ether oxygens (including phenoxy) is 1. The van der Waals surface area contributed by atoms with Crippen molar-refractivity contribution >= 4 is 17.2 Å². The summed E-state index contributed by atoms with van der Waals surface area (Å²) in [5.74, 6) is 0.785. The van der Waals surface area contributed by atoms with Crippen LogP contribution in [0, 0.1) is 6.92 Å². The molecule has 9 heteroatoms. The third kappa shape index (κ3) is 2.72. The summed E-state index contributed by atoms with van der Waals surface area (Å²) in [5.41, 5.74) is 0.654. The summed E-state index contributed by atoms with van der Waals surface area (Å²) >= 11 is 1.52. The molecule has 0 N–H and O–H groups in total. The Morgan fingerprint density at radius 2 is 2.29 bits per heavy atom. The number of nitrogens with zero attached hydrogens (tertiary/aromatic N) is 4. The topological polar surface area (TPSA) is 94.5 Å². The highest BCUT2D eigenvalue weighted by Crippen LogP contribution is 2.28. The lowest BCUT2D eigenvalue weighted by molar-refractivity contribution is -0.0137. The van der Waals surface area contributed by atoms with E-state index in [9.17, 15) is 4.79 Å². The van der Waals surface area contributed by atoms with Crippen LogP contribution in [-0.4, -0.2) is 45.9 Å². The van der Waals surface area contributed by atoms with Crippen LogP contribution < -0.4 is 0 Å². The number of aromatic nitrogens is 3. The first-order chi connectivity index (χ1) is 11.7. The molecule has 1 saturated heterocycles. The van der Waals surface area contributed by atoms with Crippen LogP contribution in [0.2, 0.25) is 0 Å². The number of morpholine rings is 1. The van der Waals surface area contributed by atoms with E-state index in [1.54, 1.807) is 17.9 Å². The van der Waals surface area contributed by atoms with E-state index in [0.717, 1.165) is 4.88 Å². The Kier molecular flexibility index (Phi) is 3.87. The molecule has 3 aromatic rings. The first-order valence-electron chi connectivity index (χ1n) is 7.42. The lowest BCUT2D eigenvalue weighted by Gasteiger charge is -2.32. The van der Waals surface area contributed by atoms with Crippen molar-refractivity contribution < 1.29 is 18.6 Å². The molecule has 124 valence electrons. The third-order valence-electron chi connectivity index (χ3n) is 3.70. The maximum absolute atomic E-state index is 12.7. The summed E-state index contributed by atoms with van der Waals surface area (Å²) in [4.78, 5) is 19.6. The van der Waals surface area contributed by atoms with Gasteiger partial charge in [-0.15, -0.1) is 11.3 Å². The van der Waals surface area contributed by atoms with Crippen molar-refractivity contribution in [2.24, 2.45) is 0 Å².